The van der Waals surface area contributed by atoms with E-state index in [2.05, 4.69) is 15.5 Å². The molecule has 2 heterocycles. The number of methoxy groups -OCH3 is 1. The van der Waals surface area contributed by atoms with Crippen molar-refractivity contribution >= 4 is 17.5 Å². The summed E-state index contributed by atoms with van der Waals surface area (Å²) in [6.45, 7) is 2.68. The number of piperidine rings is 1. The molecule has 1 atom stereocenters. The summed E-state index contributed by atoms with van der Waals surface area (Å²) in [4.78, 5) is 30.5. The lowest BCUT2D eigenvalue weighted by atomic mass is 9.98. The number of ether oxygens (including phenoxy) is 1. The highest BCUT2D eigenvalue weighted by molar-refractivity contribution is 6.39. The molecule has 3 rings (SSSR count). The Bertz CT molecular complexity index is 774. The van der Waals surface area contributed by atoms with Gasteiger partial charge in [-0.2, -0.15) is 4.98 Å². The average molecular weight is 344 g/mol. The number of hydrogen-bond donors (Lipinski definition) is 1. The van der Waals surface area contributed by atoms with E-state index in [1.54, 1.807) is 38.3 Å². The highest BCUT2D eigenvalue weighted by Crippen LogP contribution is 2.26. The molecule has 1 unspecified atom stereocenters. The lowest BCUT2D eigenvalue weighted by Crippen LogP contribution is -2.44. The van der Waals surface area contributed by atoms with E-state index in [0.29, 0.717) is 36.2 Å². The van der Waals surface area contributed by atoms with Crippen molar-refractivity contribution in [2.75, 3.05) is 25.5 Å². The van der Waals surface area contributed by atoms with Crippen LogP contribution in [0.15, 0.2) is 28.8 Å². The monoisotopic (exact) mass is 344 g/mol. The minimum Gasteiger partial charge on any atom is -0.497 e. The first-order valence-electron chi connectivity index (χ1n) is 8.11. The number of amides is 2. The van der Waals surface area contributed by atoms with Crippen LogP contribution in [-0.2, 0) is 9.59 Å². The fourth-order valence-electron chi connectivity index (χ4n) is 2.87. The van der Waals surface area contributed by atoms with Gasteiger partial charge in [0.25, 0.3) is 0 Å². The van der Waals surface area contributed by atoms with Crippen molar-refractivity contribution < 1.29 is 18.8 Å². The highest BCUT2D eigenvalue weighted by atomic mass is 16.5. The number of aryl methyl sites for hydroxylation is 1. The summed E-state index contributed by atoms with van der Waals surface area (Å²) in [6.07, 6.45) is 1.63. The third-order valence-electron chi connectivity index (χ3n) is 4.12. The summed E-state index contributed by atoms with van der Waals surface area (Å²) in [5.74, 6) is 0.412. The maximum Gasteiger partial charge on any atom is 0.313 e. The zero-order valence-electron chi connectivity index (χ0n) is 14.2. The molecule has 1 aliphatic heterocycles. The molecule has 8 nitrogen and oxygen atoms in total. The van der Waals surface area contributed by atoms with Crippen molar-refractivity contribution in [2.24, 2.45) is 0 Å². The number of aromatic nitrogens is 2. The molecule has 1 aromatic heterocycles. The van der Waals surface area contributed by atoms with Crippen molar-refractivity contribution in [3.8, 4) is 5.75 Å². The van der Waals surface area contributed by atoms with Crippen LogP contribution in [0.2, 0.25) is 0 Å². The van der Waals surface area contributed by atoms with Crippen LogP contribution in [0, 0.1) is 6.92 Å². The van der Waals surface area contributed by atoms with Crippen LogP contribution in [0.1, 0.15) is 30.5 Å². The van der Waals surface area contributed by atoms with Crippen LogP contribution in [-0.4, -0.2) is 47.1 Å². The summed E-state index contributed by atoms with van der Waals surface area (Å²) in [7, 11) is 1.54. The molecule has 0 spiro atoms. The Balaban J connectivity index is 1.64. The van der Waals surface area contributed by atoms with E-state index in [-0.39, 0.29) is 5.92 Å². The standard InChI is InChI=1S/C17H20N4O4/c1-11-18-16(25-20-11)12-5-4-8-21(10-12)17(23)15(22)19-13-6-3-7-14(9-13)24-2/h3,6-7,9,12H,4-5,8,10H2,1-2H3,(H,19,22). The third-order valence-corrected chi connectivity index (χ3v) is 4.12. The fourth-order valence-corrected chi connectivity index (χ4v) is 2.87. The summed E-state index contributed by atoms with van der Waals surface area (Å²) in [5.41, 5.74) is 0.513. The Morgan fingerprint density at radius 1 is 1.40 bits per heavy atom. The summed E-state index contributed by atoms with van der Waals surface area (Å²) in [5, 5.41) is 6.40. The predicted molar refractivity (Wildman–Crippen MR) is 89.2 cm³/mol. The van der Waals surface area contributed by atoms with Crippen LogP contribution in [0.25, 0.3) is 0 Å². The smallest absolute Gasteiger partial charge is 0.313 e. The molecule has 8 heteroatoms. The van der Waals surface area contributed by atoms with Crippen molar-refractivity contribution in [3.63, 3.8) is 0 Å². The molecule has 0 radical (unpaired) electrons. The van der Waals surface area contributed by atoms with E-state index in [1.807, 2.05) is 0 Å². The van der Waals surface area contributed by atoms with Gasteiger partial charge in [-0.05, 0) is 31.9 Å². The minimum absolute atomic E-state index is 0.0384. The fraction of sp³-hybridized carbons (Fsp3) is 0.412. The van der Waals surface area contributed by atoms with Gasteiger partial charge in [0.15, 0.2) is 5.82 Å². The molecular weight excluding hydrogens is 324 g/mol. The number of rotatable bonds is 3. The molecule has 25 heavy (non-hydrogen) atoms. The van der Waals surface area contributed by atoms with Crippen molar-refractivity contribution in [2.45, 2.75) is 25.7 Å². The van der Waals surface area contributed by atoms with Crippen molar-refractivity contribution in [1.82, 2.24) is 15.0 Å². The van der Waals surface area contributed by atoms with Gasteiger partial charge in [0.05, 0.1) is 13.0 Å². The SMILES string of the molecule is COc1cccc(NC(=O)C(=O)N2CCCC(c3nc(C)no3)C2)c1. The number of nitrogens with one attached hydrogen (secondary N) is 1. The van der Waals surface area contributed by atoms with Crippen LogP contribution in [0.5, 0.6) is 5.75 Å². The predicted octanol–water partition coefficient (Wildman–Crippen LogP) is 1.73. The van der Waals surface area contributed by atoms with Gasteiger partial charge in [0, 0.05) is 24.8 Å². The van der Waals surface area contributed by atoms with Crippen molar-refractivity contribution in [3.05, 3.63) is 36.0 Å². The molecule has 2 amide bonds. The maximum atomic E-state index is 12.5. The average Bonchev–Trinajstić information content (AvgIpc) is 3.07. The van der Waals surface area contributed by atoms with Crippen LogP contribution in [0.3, 0.4) is 0 Å². The lowest BCUT2D eigenvalue weighted by Gasteiger charge is -2.30. The van der Waals surface area contributed by atoms with Crippen LogP contribution in [0.4, 0.5) is 5.69 Å². The van der Waals surface area contributed by atoms with E-state index in [4.69, 9.17) is 9.26 Å². The van der Waals surface area contributed by atoms with Gasteiger partial charge in [-0.3, -0.25) is 9.59 Å². The van der Waals surface area contributed by atoms with Gasteiger partial charge >= 0.3 is 11.8 Å². The Kier molecular flexibility index (Phi) is 4.97. The lowest BCUT2D eigenvalue weighted by molar-refractivity contribution is -0.144. The van der Waals surface area contributed by atoms with E-state index in [9.17, 15) is 9.59 Å². The van der Waals surface area contributed by atoms with Gasteiger partial charge in [-0.1, -0.05) is 11.2 Å². The second-order valence-electron chi connectivity index (χ2n) is 5.96. The second-order valence-corrected chi connectivity index (χ2v) is 5.96. The van der Waals surface area contributed by atoms with Crippen molar-refractivity contribution in [1.29, 1.82) is 0 Å². The first-order chi connectivity index (χ1) is 12.1. The Labute approximate surface area is 145 Å². The van der Waals surface area contributed by atoms with Crippen LogP contribution >= 0.6 is 0 Å². The van der Waals surface area contributed by atoms with Gasteiger partial charge in [-0.15, -0.1) is 0 Å². The van der Waals surface area contributed by atoms with Gasteiger partial charge in [0.1, 0.15) is 5.75 Å². The largest absolute Gasteiger partial charge is 0.497 e. The number of carbonyl (C=O) groups excluding carboxylic acids is 2. The number of carbonyl (C=O) groups is 2. The highest BCUT2D eigenvalue weighted by Gasteiger charge is 2.31. The summed E-state index contributed by atoms with van der Waals surface area (Å²) >= 11 is 0. The quantitative estimate of drug-likeness (QED) is 0.852. The number of nitrogens with zero attached hydrogens (tertiary/aromatic N) is 3. The Morgan fingerprint density at radius 2 is 2.24 bits per heavy atom. The molecule has 1 N–H and O–H groups in total. The molecule has 2 aromatic rings. The molecule has 1 fully saturated rings. The summed E-state index contributed by atoms with van der Waals surface area (Å²) < 4.78 is 10.3. The van der Waals surface area contributed by atoms with E-state index < -0.39 is 11.8 Å². The normalized spacial score (nSPS) is 17.2. The van der Waals surface area contributed by atoms with Crippen LogP contribution < -0.4 is 10.1 Å². The number of hydrogen-bond acceptors (Lipinski definition) is 6. The topological polar surface area (TPSA) is 97.6 Å². The molecule has 0 bridgehead atoms. The minimum atomic E-state index is -0.671. The van der Waals surface area contributed by atoms with E-state index in [0.717, 1.165) is 12.8 Å². The zero-order valence-corrected chi connectivity index (χ0v) is 14.2. The number of likely N-dealkylation sites (tertiary alicyclic amines) is 1. The molecule has 1 saturated heterocycles. The molecule has 0 saturated carbocycles. The Hall–Kier alpha value is -2.90. The van der Waals surface area contributed by atoms with Gasteiger partial charge in [-0.25, -0.2) is 0 Å². The second kappa shape index (κ2) is 7.33. The molecule has 0 aliphatic carbocycles. The first-order valence-corrected chi connectivity index (χ1v) is 8.11. The number of anilines is 1. The molecular formula is C17H20N4O4. The van der Waals surface area contributed by atoms with Gasteiger partial charge in [0.2, 0.25) is 5.89 Å². The van der Waals surface area contributed by atoms with E-state index in [1.165, 1.54) is 4.90 Å². The molecule has 1 aromatic carbocycles. The Morgan fingerprint density at radius 3 is 2.96 bits per heavy atom. The third kappa shape index (κ3) is 3.96. The van der Waals surface area contributed by atoms with Gasteiger partial charge < -0.3 is 19.5 Å². The molecule has 1 aliphatic rings. The zero-order chi connectivity index (χ0) is 17.8. The molecule has 132 valence electrons. The van der Waals surface area contributed by atoms with E-state index >= 15 is 0 Å². The first kappa shape index (κ1) is 16.9. The summed E-state index contributed by atoms with van der Waals surface area (Å²) in [6, 6.07) is 6.87. The number of benzene rings is 1. The maximum absolute atomic E-state index is 12.5.